The molecule has 1 N–H and O–H groups in total. The van der Waals surface area contributed by atoms with Crippen molar-refractivity contribution >= 4 is 11.2 Å². The Hall–Kier alpha value is -3.46. The molecule has 0 unspecified atom stereocenters. The van der Waals surface area contributed by atoms with Crippen molar-refractivity contribution in [1.82, 2.24) is 19.5 Å². The fourth-order valence-electron chi connectivity index (χ4n) is 2.95. The van der Waals surface area contributed by atoms with Crippen molar-refractivity contribution in [3.05, 3.63) is 60.6 Å². The highest BCUT2D eigenvalue weighted by molar-refractivity contribution is 5.96. The van der Waals surface area contributed by atoms with Gasteiger partial charge in [0.2, 0.25) is 0 Å². The first-order valence-corrected chi connectivity index (χ1v) is 7.33. The van der Waals surface area contributed by atoms with E-state index in [1.165, 1.54) is 12.1 Å². The molecular formula is C18H12FN5. The second-order valence-electron chi connectivity index (χ2n) is 5.46. The van der Waals surface area contributed by atoms with Crippen LogP contribution in [-0.4, -0.2) is 19.5 Å². The molecule has 6 heteroatoms. The van der Waals surface area contributed by atoms with E-state index in [2.05, 4.69) is 21.0 Å². The first-order valence-electron chi connectivity index (χ1n) is 7.33. The minimum absolute atomic E-state index is 0.311. The number of H-pyrrole nitrogens is 1. The van der Waals surface area contributed by atoms with E-state index in [4.69, 9.17) is 0 Å². The van der Waals surface area contributed by atoms with Crippen LogP contribution in [0.25, 0.3) is 33.4 Å². The van der Waals surface area contributed by atoms with E-state index in [0.717, 1.165) is 27.8 Å². The van der Waals surface area contributed by atoms with Crippen LogP contribution in [0.5, 0.6) is 0 Å². The van der Waals surface area contributed by atoms with Crippen molar-refractivity contribution in [2.45, 2.75) is 0 Å². The van der Waals surface area contributed by atoms with Crippen LogP contribution in [0.2, 0.25) is 0 Å². The predicted molar refractivity (Wildman–Crippen MR) is 88.4 cm³/mol. The van der Waals surface area contributed by atoms with Crippen LogP contribution in [0, 0.1) is 17.1 Å². The number of fused-ring (bicyclic) bond motifs is 1. The molecule has 1 aromatic carbocycles. The first-order chi connectivity index (χ1) is 11.7. The molecule has 3 aromatic heterocycles. The summed E-state index contributed by atoms with van der Waals surface area (Å²) in [6.07, 6.45) is 5.17. The number of aromatic amines is 1. The number of hydrogen-bond donors (Lipinski definition) is 1. The van der Waals surface area contributed by atoms with Gasteiger partial charge in [-0.15, -0.1) is 0 Å². The van der Waals surface area contributed by atoms with Crippen LogP contribution in [-0.2, 0) is 7.05 Å². The number of aromatic nitrogens is 4. The Balaban J connectivity index is 2.05. The largest absolute Gasteiger partial charge is 0.343 e. The summed E-state index contributed by atoms with van der Waals surface area (Å²) in [5.74, 6) is -0.311. The molecule has 0 saturated heterocycles. The van der Waals surface area contributed by atoms with Crippen LogP contribution < -0.4 is 0 Å². The fraction of sp³-hybridized carbons (Fsp3) is 0.0556. The van der Waals surface area contributed by atoms with Crippen molar-refractivity contribution in [2.24, 2.45) is 7.05 Å². The quantitative estimate of drug-likeness (QED) is 0.613. The minimum atomic E-state index is -0.311. The zero-order valence-electron chi connectivity index (χ0n) is 12.8. The molecular weight excluding hydrogens is 305 g/mol. The first kappa shape index (κ1) is 14.2. The second-order valence-corrected chi connectivity index (χ2v) is 5.46. The summed E-state index contributed by atoms with van der Waals surface area (Å²) < 4.78 is 15.1. The average Bonchev–Trinajstić information content (AvgIpc) is 3.19. The smallest absolute Gasteiger partial charge is 0.178 e. The lowest BCUT2D eigenvalue weighted by Crippen LogP contribution is -1.91. The summed E-state index contributed by atoms with van der Waals surface area (Å²) in [5.41, 5.74) is 5.25. The number of nitriles is 1. The van der Waals surface area contributed by atoms with E-state index in [0.29, 0.717) is 11.3 Å². The van der Waals surface area contributed by atoms with Gasteiger partial charge in [-0.25, -0.2) is 14.4 Å². The van der Waals surface area contributed by atoms with Crippen LogP contribution in [0.3, 0.4) is 0 Å². The summed E-state index contributed by atoms with van der Waals surface area (Å²) >= 11 is 0. The van der Waals surface area contributed by atoms with Gasteiger partial charge < -0.3 is 9.55 Å². The molecule has 0 aliphatic rings. The van der Waals surface area contributed by atoms with Gasteiger partial charge in [-0.05, 0) is 23.8 Å². The van der Waals surface area contributed by atoms with Gasteiger partial charge >= 0.3 is 0 Å². The molecule has 5 nitrogen and oxygen atoms in total. The van der Waals surface area contributed by atoms with Crippen molar-refractivity contribution in [2.75, 3.05) is 0 Å². The molecule has 0 fully saturated rings. The van der Waals surface area contributed by atoms with Gasteiger partial charge in [-0.1, -0.05) is 12.1 Å². The van der Waals surface area contributed by atoms with Gasteiger partial charge in [0.1, 0.15) is 17.6 Å². The molecule has 0 spiro atoms. The van der Waals surface area contributed by atoms with E-state index in [9.17, 15) is 9.65 Å². The maximum Gasteiger partial charge on any atom is 0.178 e. The van der Waals surface area contributed by atoms with Gasteiger partial charge in [0.15, 0.2) is 5.65 Å². The van der Waals surface area contributed by atoms with Crippen molar-refractivity contribution in [3.63, 3.8) is 0 Å². The highest BCUT2D eigenvalue weighted by atomic mass is 19.1. The maximum atomic E-state index is 13.3. The van der Waals surface area contributed by atoms with E-state index in [1.54, 1.807) is 29.2 Å². The van der Waals surface area contributed by atoms with Gasteiger partial charge in [0.25, 0.3) is 0 Å². The van der Waals surface area contributed by atoms with Crippen molar-refractivity contribution in [1.29, 1.82) is 5.26 Å². The second kappa shape index (κ2) is 5.32. The molecule has 0 amide bonds. The number of pyridine rings is 1. The SMILES string of the molecule is Cn1cc(-c2ccnc3nc[nH]c23)c(-c2ccc(F)cc2)c1C#N. The number of nitrogens with one attached hydrogen (secondary N) is 1. The number of halogens is 1. The molecule has 4 aromatic rings. The summed E-state index contributed by atoms with van der Waals surface area (Å²) in [6.45, 7) is 0. The molecule has 24 heavy (non-hydrogen) atoms. The molecule has 0 saturated carbocycles. The number of imidazole rings is 1. The molecule has 0 aliphatic heterocycles. The van der Waals surface area contributed by atoms with E-state index < -0.39 is 0 Å². The fourth-order valence-corrected chi connectivity index (χ4v) is 2.95. The molecule has 0 aliphatic carbocycles. The van der Waals surface area contributed by atoms with Gasteiger partial charge in [-0.3, -0.25) is 0 Å². The lowest BCUT2D eigenvalue weighted by molar-refractivity contribution is 0.628. The standard InChI is InChI=1S/C18H12FN5/c1-24-9-14(13-6-7-21-18-17(13)22-10-23-18)16(15(24)8-20)11-2-4-12(19)5-3-11/h2-7,9-10H,1H3,(H,21,22,23). The number of nitrogens with zero attached hydrogens (tertiary/aromatic N) is 4. The lowest BCUT2D eigenvalue weighted by Gasteiger charge is -2.06. The van der Waals surface area contributed by atoms with Crippen LogP contribution >= 0.6 is 0 Å². The van der Waals surface area contributed by atoms with Crippen molar-refractivity contribution < 1.29 is 4.39 Å². The highest BCUT2D eigenvalue weighted by Crippen LogP contribution is 2.38. The van der Waals surface area contributed by atoms with Crippen LogP contribution in [0.1, 0.15) is 5.69 Å². The van der Waals surface area contributed by atoms with Crippen LogP contribution in [0.4, 0.5) is 4.39 Å². The Labute approximate surface area is 137 Å². The molecule has 3 heterocycles. The third-order valence-electron chi connectivity index (χ3n) is 4.04. The van der Waals surface area contributed by atoms with Gasteiger partial charge in [-0.2, -0.15) is 5.26 Å². The number of aryl methyl sites for hydroxylation is 1. The Morgan fingerprint density at radius 1 is 1.12 bits per heavy atom. The molecule has 0 bridgehead atoms. The average molecular weight is 317 g/mol. The zero-order chi connectivity index (χ0) is 16.7. The van der Waals surface area contributed by atoms with Gasteiger partial charge in [0, 0.05) is 36.1 Å². The van der Waals surface area contributed by atoms with Gasteiger partial charge in [0.05, 0.1) is 11.8 Å². The lowest BCUT2D eigenvalue weighted by atomic mass is 9.97. The van der Waals surface area contributed by atoms with E-state index in [1.807, 2.05) is 19.3 Å². The van der Waals surface area contributed by atoms with Crippen LogP contribution in [0.15, 0.2) is 49.1 Å². The summed E-state index contributed by atoms with van der Waals surface area (Å²) in [7, 11) is 1.82. The number of rotatable bonds is 2. The Morgan fingerprint density at radius 3 is 2.67 bits per heavy atom. The molecule has 116 valence electrons. The minimum Gasteiger partial charge on any atom is -0.343 e. The topological polar surface area (TPSA) is 70.3 Å². The summed E-state index contributed by atoms with van der Waals surface area (Å²) in [4.78, 5) is 11.5. The maximum absolute atomic E-state index is 13.3. The highest BCUT2D eigenvalue weighted by Gasteiger charge is 2.19. The Morgan fingerprint density at radius 2 is 1.92 bits per heavy atom. The molecule has 4 rings (SSSR count). The van der Waals surface area contributed by atoms with E-state index >= 15 is 0 Å². The summed E-state index contributed by atoms with van der Waals surface area (Å²) in [6, 6.07) is 10.3. The summed E-state index contributed by atoms with van der Waals surface area (Å²) in [5, 5.41) is 9.57. The molecule has 0 atom stereocenters. The van der Waals surface area contributed by atoms with E-state index in [-0.39, 0.29) is 5.82 Å². The monoisotopic (exact) mass is 317 g/mol. The Bertz CT molecular complexity index is 1080. The number of benzene rings is 1. The predicted octanol–water partition coefficient (Wildman–Crippen LogP) is 3.64. The van der Waals surface area contributed by atoms with Crippen molar-refractivity contribution in [3.8, 4) is 28.3 Å². The third kappa shape index (κ3) is 2.07. The zero-order valence-corrected chi connectivity index (χ0v) is 12.8. The third-order valence-corrected chi connectivity index (χ3v) is 4.04. The number of hydrogen-bond acceptors (Lipinski definition) is 3. The molecule has 0 radical (unpaired) electrons. The normalized spacial score (nSPS) is 10.9. The Kier molecular flexibility index (Phi) is 3.14.